The van der Waals surface area contributed by atoms with Crippen molar-refractivity contribution in [2.45, 2.75) is 31.5 Å². The molecule has 0 saturated heterocycles. The topological polar surface area (TPSA) is 61.8 Å². The Kier molecular flexibility index (Phi) is 6.01. The van der Waals surface area contributed by atoms with Crippen molar-refractivity contribution in [3.05, 3.63) is 62.8 Å². The average Bonchev–Trinajstić information content (AvgIpc) is 3.04. The van der Waals surface area contributed by atoms with Crippen LogP contribution < -0.4 is 11.2 Å². The van der Waals surface area contributed by atoms with E-state index in [2.05, 4.69) is 11.9 Å². The molecule has 3 aromatic rings. The number of fused-ring (bicyclic) bond motifs is 1. The second-order valence-electron chi connectivity index (χ2n) is 6.40. The molecule has 2 heterocycles. The number of hydrogen-bond acceptors (Lipinski definition) is 4. The number of benzene rings is 1. The fourth-order valence-corrected chi connectivity index (χ4v) is 3.96. The van der Waals surface area contributed by atoms with Gasteiger partial charge in [-0.05, 0) is 12.0 Å². The maximum absolute atomic E-state index is 12.8. The molecular formula is C20H24N4O2S. The molecule has 0 radical (unpaired) electrons. The number of nitrogens with zero attached hydrogens (tertiary/aromatic N) is 4. The van der Waals surface area contributed by atoms with Gasteiger partial charge in [0.05, 0.1) is 0 Å². The van der Waals surface area contributed by atoms with Gasteiger partial charge < -0.3 is 4.57 Å². The summed E-state index contributed by atoms with van der Waals surface area (Å²) in [6, 6.07) is 10.0. The molecule has 0 bridgehead atoms. The molecule has 0 atom stereocenters. The van der Waals surface area contributed by atoms with Gasteiger partial charge in [-0.25, -0.2) is 9.78 Å². The minimum atomic E-state index is -0.359. The molecule has 7 heteroatoms. The van der Waals surface area contributed by atoms with Crippen LogP contribution in [0.15, 0.2) is 51.2 Å². The summed E-state index contributed by atoms with van der Waals surface area (Å²) in [5, 5.41) is 0.773. The number of allylic oxidation sites excluding steroid dienone is 1. The maximum atomic E-state index is 12.8. The van der Waals surface area contributed by atoms with Crippen LogP contribution >= 0.6 is 11.8 Å². The van der Waals surface area contributed by atoms with E-state index in [-0.39, 0.29) is 11.2 Å². The summed E-state index contributed by atoms with van der Waals surface area (Å²) in [5.74, 6) is 0.927. The molecule has 6 nitrogen and oxygen atoms in total. The van der Waals surface area contributed by atoms with Crippen LogP contribution in [-0.4, -0.2) is 24.4 Å². The van der Waals surface area contributed by atoms with Gasteiger partial charge in [-0.2, -0.15) is 0 Å². The predicted octanol–water partition coefficient (Wildman–Crippen LogP) is 3.04. The van der Waals surface area contributed by atoms with Gasteiger partial charge in [-0.15, -0.1) is 0 Å². The Morgan fingerprint density at radius 2 is 1.85 bits per heavy atom. The summed E-state index contributed by atoms with van der Waals surface area (Å²) in [4.78, 5) is 29.6. The fraction of sp³-hybridized carbons (Fsp3) is 0.350. The lowest BCUT2D eigenvalue weighted by Crippen LogP contribution is -2.37. The number of aryl methyl sites for hydroxylation is 1. The molecule has 142 valence electrons. The number of imidazole rings is 1. The molecule has 3 rings (SSSR count). The predicted molar refractivity (Wildman–Crippen MR) is 111 cm³/mol. The van der Waals surface area contributed by atoms with E-state index >= 15 is 0 Å². The van der Waals surface area contributed by atoms with Crippen molar-refractivity contribution in [1.82, 2.24) is 18.7 Å². The zero-order valence-electron chi connectivity index (χ0n) is 15.9. The second-order valence-corrected chi connectivity index (χ2v) is 7.46. The van der Waals surface area contributed by atoms with E-state index in [0.29, 0.717) is 17.7 Å². The van der Waals surface area contributed by atoms with Crippen molar-refractivity contribution in [3.63, 3.8) is 0 Å². The summed E-state index contributed by atoms with van der Waals surface area (Å²) in [7, 11) is 3.16. The Hall–Kier alpha value is -2.54. The monoisotopic (exact) mass is 384 g/mol. The van der Waals surface area contributed by atoms with Gasteiger partial charge >= 0.3 is 5.69 Å². The molecule has 1 aromatic carbocycles. The Balaban J connectivity index is 2.06. The Bertz CT molecular complexity index is 1080. The van der Waals surface area contributed by atoms with Crippen LogP contribution in [-0.2, 0) is 20.6 Å². The Labute approximate surface area is 162 Å². The van der Waals surface area contributed by atoms with Gasteiger partial charge in [0.15, 0.2) is 16.3 Å². The van der Waals surface area contributed by atoms with E-state index in [1.54, 1.807) is 18.8 Å². The zero-order valence-corrected chi connectivity index (χ0v) is 16.7. The summed E-state index contributed by atoms with van der Waals surface area (Å²) in [6.45, 7) is 2.67. The molecule has 0 saturated carbocycles. The molecule has 2 aromatic heterocycles. The summed E-state index contributed by atoms with van der Waals surface area (Å²) in [6.07, 6.45) is 6.22. The zero-order chi connectivity index (χ0) is 19.4. The van der Waals surface area contributed by atoms with Crippen molar-refractivity contribution in [1.29, 1.82) is 0 Å². The van der Waals surface area contributed by atoms with Crippen LogP contribution in [0.25, 0.3) is 17.2 Å². The Morgan fingerprint density at radius 1 is 1.11 bits per heavy atom. The highest BCUT2D eigenvalue weighted by Crippen LogP contribution is 2.23. The summed E-state index contributed by atoms with van der Waals surface area (Å²) >= 11 is 1.63. The van der Waals surface area contributed by atoms with E-state index in [9.17, 15) is 9.59 Å². The number of thioether (sulfide) groups is 1. The molecular weight excluding hydrogens is 360 g/mol. The fourth-order valence-electron chi connectivity index (χ4n) is 2.87. The van der Waals surface area contributed by atoms with Gasteiger partial charge in [0.1, 0.15) is 0 Å². The summed E-state index contributed by atoms with van der Waals surface area (Å²) < 4.78 is 4.50. The number of aromatic nitrogens is 4. The van der Waals surface area contributed by atoms with Gasteiger partial charge in [-0.3, -0.25) is 13.9 Å². The second kappa shape index (κ2) is 8.43. The first kappa shape index (κ1) is 19.2. The molecule has 0 N–H and O–H groups in total. The standard InChI is InChI=1S/C20H24N4O2S/c1-4-5-14-27-19-21-17-16(18(25)23(3)20(26)22(17)2)24(19)13-9-12-15-10-7-6-8-11-15/h6-12H,4-5,13-14H2,1-3H3/b12-9+. The van der Waals surface area contributed by atoms with E-state index in [1.165, 1.54) is 11.6 Å². The molecule has 0 amide bonds. The van der Waals surface area contributed by atoms with Crippen molar-refractivity contribution in [3.8, 4) is 0 Å². The van der Waals surface area contributed by atoms with Crippen molar-refractivity contribution in [2.24, 2.45) is 14.1 Å². The highest BCUT2D eigenvalue weighted by Gasteiger charge is 2.18. The maximum Gasteiger partial charge on any atom is 0.332 e. The van der Waals surface area contributed by atoms with Crippen LogP contribution in [0.3, 0.4) is 0 Å². The first-order chi connectivity index (χ1) is 13.0. The normalized spacial score (nSPS) is 11.7. The molecule has 0 unspecified atom stereocenters. The van der Waals surface area contributed by atoms with Crippen molar-refractivity contribution < 1.29 is 0 Å². The smallest absolute Gasteiger partial charge is 0.309 e. The van der Waals surface area contributed by atoms with E-state index in [4.69, 9.17) is 0 Å². The number of unbranched alkanes of at least 4 members (excludes halogenated alkanes) is 1. The van der Waals surface area contributed by atoms with Gasteiger partial charge in [0, 0.05) is 26.4 Å². The van der Waals surface area contributed by atoms with Crippen LogP contribution in [0.4, 0.5) is 0 Å². The lowest BCUT2D eigenvalue weighted by Gasteiger charge is -2.07. The third-order valence-corrected chi connectivity index (χ3v) is 5.50. The highest BCUT2D eigenvalue weighted by atomic mass is 32.2. The largest absolute Gasteiger partial charge is 0.332 e. The summed E-state index contributed by atoms with van der Waals surface area (Å²) in [5.41, 5.74) is 1.34. The number of rotatable bonds is 7. The highest BCUT2D eigenvalue weighted by molar-refractivity contribution is 7.99. The van der Waals surface area contributed by atoms with E-state index < -0.39 is 0 Å². The van der Waals surface area contributed by atoms with Gasteiger partial charge in [-0.1, -0.05) is 67.6 Å². The lowest BCUT2D eigenvalue weighted by molar-refractivity contribution is 0.700. The average molecular weight is 385 g/mol. The molecule has 0 aliphatic heterocycles. The first-order valence-electron chi connectivity index (χ1n) is 9.05. The minimum Gasteiger partial charge on any atom is -0.309 e. The third kappa shape index (κ3) is 3.93. The van der Waals surface area contributed by atoms with Crippen LogP contribution in [0.1, 0.15) is 25.3 Å². The molecule has 0 fully saturated rings. The molecule has 0 aliphatic rings. The van der Waals surface area contributed by atoms with Crippen molar-refractivity contribution in [2.75, 3.05) is 5.75 Å². The quantitative estimate of drug-likeness (QED) is 0.464. The van der Waals surface area contributed by atoms with Crippen LogP contribution in [0.5, 0.6) is 0 Å². The van der Waals surface area contributed by atoms with E-state index in [1.807, 2.05) is 47.1 Å². The van der Waals surface area contributed by atoms with E-state index in [0.717, 1.165) is 33.9 Å². The Morgan fingerprint density at radius 3 is 2.56 bits per heavy atom. The lowest BCUT2D eigenvalue weighted by atomic mass is 10.2. The SMILES string of the molecule is CCCCSc1nc2c(c(=O)n(C)c(=O)n2C)n1C/C=C/c1ccccc1. The molecule has 27 heavy (non-hydrogen) atoms. The van der Waals surface area contributed by atoms with Gasteiger partial charge in [0.2, 0.25) is 0 Å². The number of hydrogen-bond donors (Lipinski definition) is 0. The van der Waals surface area contributed by atoms with Crippen LogP contribution in [0, 0.1) is 0 Å². The van der Waals surface area contributed by atoms with Crippen molar-refractivity contribution >= 4 is 29.0 Å². The minimum absolute atomic E-state index is 0.309. The van der Waals surface area contributed by atoms with Gasteiger partial charge in [0.25, 0.3) is 5.56 Å². The van der Waals surface area contributed by atoms with Crippen LogP contribution in [0.2, 0.25) is 0 Å². The third-order valence-electron chi connectivity index (χ3n) is 4.44. The molecule has 0 aliphatic carbocycles. The molecule has 0 spiro atoms. The first-order valence-corrected chi connectivity index (χ1v) is 10.0.